The average Bonchev–Trinajstić information content (AvgIpc) is 3.61. The molecule has 3 N–H and O–H groups in total. The van der Waals surface area contributed by atoms with Crippen LogP contribution in [0.4, 0.5) is 0 Å². The number of phenolic OH excluding ortho intramolecular Hbond substituents is 1. The summed E-state index contributed by atoms with van der Waals surface area (Å²) < 4.78 is 14.2. The van der Waals surface area contributed by atoms with E-state index in [9.17, 15) is 29.1 Å². The molecule has 360 valence electrons. The summed E-state index contributed by atoms with van der Waals surface area (Å²) in [4.78, 5) is 77.4. The number of nitrogens with zero attached hydrogens (tertiary/aromatic N) is 5. The number of esters is 1. The molecular formula is C51H67N7O8S. The first-order valence-electron chi connectivity index (χ1n) is 23.3. The van der Waals surface area contributed by atoms with E-state index in [1.807, 2.05) is 39.0 Å². The van der Waals surface area contributed by atoms with Crippen molar-refractivity contribution in [2.24, 2.45) is 11.3 Å². The van der Waals surface area contributed by atoms with Crippen molar-refractivity contribution in [2.45, 2.75) is 105 Å². The second-order valence-corrected chi connectivity index (χ2v) is 19.0. The number of hydrogen-bond donors (Lipinski definition) is 4. The zero-order valence-corrected chi connectivity index (χ0v) is 41.0. The van der Waals surface area contributed by atoms with Crippen LogP contribution in [0.1, 0.15) is 84.2 Å². The van der Waals surface area contributed by atoms with Gasteiger partial charge in [0.05, 0.1) is 24.1 Å². The van der Waals surface area contributed by atoms with E-state index in [1.165, 1.54) is 14.8 Å². The molecule has 15 nitrogen and oxygen atoms in total. The minimum atomic E-state index is -1.20. The van der Waals surface area contributed by atoms with Crippen molar-refractivity contribution in [3.63, 3.8) is 0 Å². The first kappa shape index (κ1) is 50.7. The van der Waals surface area contributed by atoms with Crippen LogP contribution in [0.3, 0.4) is 0 Å². The summed E-state index contributed by atoms with van der Waals surface area (Å²) >= 11 is 4.41. The second-order valence-electron chi connectivity index (χ2n) is 18.6. The Hall–Kier alpha value is -5.71. The molecule has 6 bridgehead atoms. The van der Waals surface area contributed by atoms with E-state index in [1.54, 1.807) is 32.4 Å². The van der Waals surface area contributed by atoms with Crippen LogP contribution in [0.15, 0.2) is 67.4 Å². The van der Waals surface area contributed by atoms with Crippen molar-refractivity contribution in [1.29, 1.82) is 0 Å². The van der Waals surface area contributed by atoms with Crippen molar-refractivity contribution in [3.8, 4) is 28.1 Å². The van der Waals surface area contributed by atoms with Gasteiger partial charge in [-0.15, -0.1) is 0 Å². The van der Waals surface area contributed by atoms with E-state index in [0.29, 0.717) is 36.9 Å². The number of hydrogen-bond acceptors (Lipinski definition) is 11. The maximum Gasteiger partial charge on any atom is 0.324 e. The number of thiol groups is 1. The SMILES string of the molecule is C=CC(=O)N(CC)CC(=O)N(CCS)C(C(=O)NC1Cc2cc(O)cc(c2)-c2ccc3c(c2)c(c(-c2cccnc2C(C)OC)n3CC)CC(C)(C)COC(=O)[C@@H]2CCCN(N2)C1=O)C(C)C. The summed E-state index contributed by atoms with van der Waals surface area (Å²) in [5.41, 5.74) is 9.42. The highest BCUT2D eigenvalue weighted by Gasteiger charge is 2.39. The molecule has 2 aromatic carbocycles. The Morgan fingerprint density at radius 2 is 1.88 bits per heavy atom. The van der Waals surface area contributed by atoms with Crippen LogP contribution < -0.4 is 10.7 Å². The number of amides is 4. The number of pyridine rings is 1. The smallest absolute Gasteiger partial charge is 0.324 e. The van der Waals surface area contributed by atoms with Gasteiger partial charge in [-0.25, -0.2) is 5.43 Å². The van der Waals surface area contributed by atoms with Crippen molar-refractivity contribution in [2.75, 3.05) is 45.6 Å². The number of carbonyl (C=O) groups excluding carboxylic acids is 5. The minimum Gasteiger partial charge on any atom is -0.508 e. The monoisotopic (exact) mass is 937 g/mol. The molecule has 2 aliphatic rings. The molecule has 1 saturated heterocycles. The molecule has 2 aliphatic heterocycles. The van der Waals surface area contributed by atoms with Gasteiger partial charge in [-0.2, -0.15) is 12.6 Å². The third-order valence-electron chi connectivity index (χ3n) is 12.8. The fourth-order valence-electron chi connectivity index (χ4n) is 9.38. The topological polar surface area (TPSA) is 176 Å². The highest BCUT2D eigenvalue weighted by molar-refractivity contribution is 7.80. The lowest BCUT2D eigenvalue weighted by molar-refractivity contribution is -0.155. The molecule has 1 fully saturated rings. The summed E-state index contributed by atoms with van der Waals surface area (Å²) in [5, 5.41) is 16.7. The van der Waals surface area contributed by atoms with Gasteiger partial charge in [0.15, 0.2) is 0 Å². The summed E-state index contributed by atoms with van der Waals surface area (Å²) in [7, 11) is 1.67. The maximum atomic E-state index is 14.8. The quantitative estimate of drug-likeness (QED) is 0.0641. The van der Waals surface area contributed by atoms with Crippen LogP contribution >= 0.6 is 12.6 Å². The van der Waals surface area contributed by atoms with Crippen molar-refractivity contribution in [1.82, 2.24) is 35.1 Å². The molecule has 6 rings (SSSR count). The predicted molar refractivity (Wildman–Crippen MR) is 262 cm³/mol. The molecule has 67 heavy (non-hydrogen) atoms. The first-order chi connectivity index (χ1) is 31.9. The van der Waals surface area contributed by atoms with Crippen LogP contribution in [0, 0.1) is 11.3 Å². The molecule has 0 aliphatic carbocycles. The summed E-state index contributed by atoms with van der Waals surface area (Å²) in [5.74, 6) is -2.65. The normalized spacial score (nSPS) is 18.4. The molecule has 0 radical (unpaired) electrons. The number of aromatic nitrogens is 2. The van der Waals surface area contributed by atoms with Gasteiger partial charge >= 0.3 is 5.97 Å². The molecule has 0 spiro atoms. The number of fused-ring (bicyclic) bond motifs is 6. The number of phenols is 1. The van der Waals surface area contributed by atoms with Gasteiger partial charge in [0.25, 0.3) is 5.91 Å². The maximum absolute atomic E-state index is 14.8. The molecule has 4 amide bonds. The third kappa shape index (κ3) is 11.4. The fraction of sp³-hybridized carbons (Fsp3) is 0.490. The standard InChI is InChI=1S/C51H67N7O8S/c1-10-43(60)55(11-2)29-44(61)57(21-22-67)46(31(4)5)48(62)53-41-25-33-23-35(26-36(59)24-33)34-17-18-42-38(27-34)39(47(56(42)12-3)37-15-13-19-52-45(37)32(6)65-9)28-51(7,8)30-66-50(64)40-16-14-20-58(54-40)49(41)63/h10,13,15,17-19,23-24,26-27,31-32,40-41,46,54,59,67H,1,11-12,14,16,20-22,25,28-30H2,2-9H3,(H,53,62)/t32?,40-,41?,46?/m0/s1. The number of aromatic hydroxyl groups is 1. The second kappa shape index (κ2) is 21.9. The molecule has 3 unspecified atom stereocenters. The lowest BCUT2D eigenvalue weighted by Gasteiger charge is -2.37. The summed E-state index contributed by atoms with van der Waals surface area (Å²) in [6.45, 7) is 18.2. The van der Waals surface area contributed by atoms with Gasteiger partial charge in [-0.3, -0.25) is 34.0 Å². The molecule has 4 aromatic rings. The van der Waals surface area contributed by atoms with Gasteiger partial charge in [0, 0.05) is 73.5 Å². The summed E-state index contributed by atoms with van der Waals surface area (Å²) in [6, 6.07) is 12.3. The van der Waals surface area contributed by atoms with Crippen molar-refractivity contribution in [3.05, 3.63) is 84.2 Å². The predicted octanol–water partition coefficient (Wildman–Crippen LogP) is 6.27. The first-order valence-corrected chi connectivity index (χ1v) is 23.9. The molecular weight excluding hydrogens is 871 g/mol. The number of nitrogens with one attached hydrogen (secondary N) is 2. The number of cyclic esters (lactones) is 1. The number of benzene rings is 2. The molecule has 16 heteroatoms. The van der Waals surface area contributed by atoms with Gasteiger partial charge < -0.3 is 34.3 Å². The number of ether oxygens (including phenoxy) is 2. The molecule has 4 atom stereocenters. The zero-order chi connectivity index (χ0) is 48.7. The Bertz CT molecular complexity index is 2490. The Balaban J connectivity index is 1.48. The average molecular weight is 938 g/mol. The van der Waals surface area contributed by atoms with E-state index < -0.39 is 59.1 Å². The number of methoxy groups -OCH3 is 1. The van der Waals surface area contributed by atoms with Crippen LogP contribution in [0.2, 0.25) is 0 Å². The Morgan fingerprint density at radius 3 is 2.55 bits per heavy atom. The van der Waals surface area contributed by atoms with E-state index >= 15 is 0 Å². The number of likely N-dealkylation sites (N-methyl/N-ethyl adjacent to an activating group) is 1. The Labute approximate surface area is 399 Å². The Kier molecular flexibility index (Phi) is 16.6. The van der Waals surface area contributed by atoms with E-state index in [0.717, 1.165) is 45.1 Å². The van der Waals surface area contributed by atoms with Crippen LogP contribution in [-0.2, 0) is 52.8 Å². The number of carbonyl (C=O) groups is 5. The van der Waals surface area contributed by atoms with Crippen LogP contribution in [0.25, 0.3) is 33.3 Å². The van der Waals surface area contributed by atoms with Gasteiger partial charge in [-0.1, -0.05) is 46.4 Å². The highest BCUT2D eigenvalue weighted by Crippen LogP contribution is 2.42. The number of aryl methyl sites for hydroxylation is 1. The zero-order valence-electron chi connectivity index (χ0n) is 40.1. The lowest BCUT2D eigenvalue weighted by atomic mass is 9.84. The Morgan fingerprint density at radius 1 is 1.12 bits per heavy atom. The van der Waals surface area contributed by atoms with E-state index in [2.05, 4.69) is 73.5 Å². The van der Waals surface area contributed by atoms with Gasteiger partial charge in [0.1, 0.15) is 30.4 Å². The van der Waals surface area contributed by atoms with Crippen molar-refractivity contribution >= 4 is 53.1 Å². The van der Waals surface area contributed by atoms with Crippen molar-refractivity contribution < 1.29 is 38.6 Å². The molecule has 2 aromatic heterocycles. The molecule has 0 saturated carbocycles. The third-order valence-corrected chi connectivity index (χ3v) is 13.0. The highest BCUT2D eigenvalue weighted by atomic mass is 32.1. The van der Waals surface area contributed by atoms with Crippen LogP contribution in [0.5, 0.6) is 5.75 Å². The molecule has 4 heterocycles. The number of rotatable bonds is 14. The fourth-order valence-corrected chi connectivity index (χ4v) is 9.60. The van der Waals surface area contributed by atoms with E-state index in [4.69, 9.17) is 14.5 Å². The van der Waals surface area contributed by atoms with E-state index in [-0.39, 0.29) is 56.8 Å². The van der Waals surface area contributed by atoms with Gasteiger partial charge in [0.2, 0.25) is 17.7 Å². The van der Waals surface area contributed by atoms with Gasteiger partial charge in [-0.05, 0) is 111 Å². The minimum absolute atomic E-state index is 0.0275. The van der Waals surface area contributed by atoms with Crippen LogP contribution in [-0.4, -0.2) is 123 Å². The lowest BCUT2D eigenvalue weighted by Crippen LogP contribution is -2.62. The summed E-state index contributed by atoms with van der Waals surface area (Å²) in [6.07, 6.45) is 4.03. The largest absolute Gasteiger partial charge is 0.508 e. The number of hydrazine groups is 1.